The van der Waals surface area contributed by atoms with E-state index in [0.717, 1.165) is 44.7 Å². The van der Waals surface area contributed by atoms with Crippen molar-refractivity contribution in [3.63, 3.8) is 0 Å². The number of carbonyl (C=O) groups is 1. The largest absolute Gasteiger partial charge is 0.343 e. The van der Waals surface area contributed by atoms with Crippen molar-refractivity contribution in [2.45, 2.75) is 48.9 Å². The van der Waals surface area contributed by atoms with E-state index in [2.05, 4.69) is 80.0 Å². The normalized spacial score (nSPS) is 16.0. The average molecular weight is 448 g/mol. The molecule has 1 saturated heterocycles. The molecule has 7 heteroatoms. The number of para-hydroxylation sites is 2. The second kappa shape index (κ2) is 9.36. The molecule has 1 amide bonds. The predicted molar refractivity (Wildman–Crippen MR) is 127 cm³/mol. The number of carbonyl (C=O) groups excluding carboxylic acids is 1. The van der Waals surface area contributed by atoms with E-state index in [4.69, 9.17) is 0 Å². The fourth-order valence-electron chi connectivity index (χ4n) is 4.73. The molecule has 0 bridgehead atoms. The lowest BCUT2D eigenvalue weighted by Crippen LogP contribution is -2.40. The number of anilines is 2. The van der Waals surface area contributed by atoms with Crippen molar-refractivity contribution in [2.24, 2.45) is 5.92 Å². The summed E-state index contributed by atoms with van der Waals surface area (Å²) in [7, 11) is 0. The molecule has 3 heterocycles. The van der Waals surface area contributed by atoms with Crippen LogP contribution in [-0.2, 0) is 17.8 Å². The SMILES string of the molecule is CCn1cnnc1CC1CCN(C(=O)CCN2c3ccccc3Sc3ccccc32)CC1. The van der Waals surface area contributed by atoms with Crippen molar-refractivity contribution >= 4 is 29.0 Å². The number of aryl methyl sites for hydroxylation is 1. The highest BCUT2D eigenvalue weighted by molar-refractivity contribution is 7.99. The van der Waals surface area contributed by atoms with Gasteiger partial charge in [0.2, 0.25) is 5.91 Å². The summed E-state index contributed by atoms with van der Waals surface area (Å²) in [5, 5.41) is 8.32. The van der Waals surface area contributed by atoms with E-state index >= 15 is 0 Å². The molecule has 1 fully saturated rings. The van der Waals surface area contributed by atoms with Gasteiger partial charge in [-0.2, -0.15) is 0 Å². The number of nitrogens with zero attached hydrogens (tertiary/aromatic N) is 5. The van der Waals surface area contributed by atoms with E-state index in [-0.39, 0.29) is 5.91 Å². The Balaban J connectivity index is 1.19. The molecule has 2 aromatic carbocycles. The number of piperidine rings is 1. The first kappa shape index (κ1) is 21.1. The van der Waals surface area contributed by atoms with E-state index in [1.807, 2.05) is 6.33 Å². The number of fused-ring (bicyclic) bond motifs is 2. The van der Waals surface area contributed by atoms with Gasteiger partial charge in [0.05, 0.1) is 11.4 Å². The second-order valence-electron chi connectivity index (χ2n) is 8.50. The van der Waals surface area contributed by atoms with E-state index < -0.39 is 0 Å². The fourth-order valence-corrected chi connectivity index (χ4v) is 5.83. The number of rotatable bonds is 6. The Morgan fingerprint density at radius 1 is 1.03 bits per heavy atom. The zero-order chi connectivity index (χ0) is 21.9. The molecule has 0 unspecified atom stereocenters. The maximum Gasteiger partial charge on any atom is 0.224 e. The lowest BCUT2D eigenvalue weighted by molar-refractivity contribution is -0.132. The number of hydrogen-bond donors (Lipinski definition) is 0. The minimum Gasteiger partial charge on any atom is -0.343 e. The minimum atomic E-state index is 0.258. The zero-order valence-electron chi connectivity index (χ0n) is 18.5. The highest BCUT2D eigenvalue weighted by Gasteiger charge is 2.27. The van der Waals surface area contributed by atoms with Crippen LogP contribution in [0.25, 0.3) is 0 Å². The van der Waals surface area contributed by atoms with Crippen molar-refractivity contribution in [1.82, 2.24) is 19.7 Å². The lowest BCUT2D eigenvalue weighted by Gasteiger charge is -2.35. The molecule has 32 heavy (non-hydrogen) atoms. The first-order valence-electron chi connectivity index (χ1n) is 11.5. The van der Waals surface area contributed by atoms with Gasteiger partial charge in [-0.3, -0.25) is 4.79 Å². The first-order valence-corrected chi connectivity index (χ1v) is 12.3. The molecular weight excluding hydrogens is 418 g/mol. The molecule has 0 atom stereocenters. The van der Waals surface area contributed by atoms with Crippen molar-refractivity contribution < 1.29 is 4.79 Å². The summed E-state index contributed by atoms with van der Waals surface area (Å²) >= 11 is 1.80. The van der Waals surface area contributed by atoms with Crippen LogP contribution in [-0.4, -0.2) is 45.2 Å². The van der Waals surface area contributed by atoms with Gasteiger partial charge < -0.3 is 14.4 Å². The molecule has 0 spiro atoms. The number of aromatic nitrogens is 3. The Kier molecular flexibility index (Phi) is 6.17. The van der Waals surface area contributed by atoms with Crippen LogP contribution >= 0.6 is 11.8 Å². The third-order valence-electron chi connectivity index (χ3n) is 6.56. The van der Waals surface area contributed by atoms with Gasteiger partial charge in [-0.25, -0.2) is 0 Å². The van der Waals surface area contributed by atoms with Crippen LogP contribution in [0.15, 0.2) is 64.6 Å². The van der Waals surface area contributed by atoms with Crippen molar-refractivity contribution in [3.8, 4) is 0 Å². The Hall–Kier alpha value is -2.80. The van der Waals surface area contributed by atoms with E-state index in [9.17, 15) is 4.79 Å². The predicted octanol–water partition coefficient (Wildman–Crippen LogP) is 4.77. The van der Waals surface area contributed by atoms with Crippen LogP contribution in [0.1, 0.15) is 32.0 Å². The van der Waals surface area contributed by atoms with E-state index in [1.165, 1.54) is 21.2 Å². The maximum absolute atomic E-state index is 13.1. The van der Waals surface area contributed by atoms with Gasteiger partial charge in [-0.1, -0.05) is 36.0 Å². The highest BCUT2D eigenvalue weighted by Crippen LogP contribution is 2.47. The Bertz CT molecular complexity index is 1040. The van der Waals surface area contributed by atoms with Crippen molar-refractivity contribution in [3.05, 3.63) is 60.7 Å². The van der Waals surface area contributed by atoms with Crippen molar-refractivity contribution in [1.29, 1.82) is 0 Å². The van der Waals surface area contributed by atoms with Gasteiger partial charge in [0.1, 0.15) is 12.2 Å². The van der Waals surface area contributed by atoms with Gasteiger partial charge in [0.25, 0.3) is 0 Å². The lowest BCUT2D eigenvalue weighted by atomic mass is 9.93. The second-order valence-corrected chi connectivity index (χ2v) is 9.58. The van der Waals surface area contributed by atoms with Gasteiger partial charge in [-0.15, -0.1) is 10.2 Å². The number of amides is 1. The average Bonchev–Trinajstić information content (AvgIpc) is 3.29. The summed E-state index contributed by atoms with van der Waals surface area (Å²) in [5.41, 5.74) is 2.39. The summed E-state index contributed by atoms with van der Waals surface area (Å²) in [6.45, 7) is 5.40. The molecule has 0 N–H and O–H groups in total. The standard InChI is InChI=1S/C25H29N5OS/c1-2-28-18-26-27-24(28)17-19-11-14-29(15-12-19)25(31)13-16-30-20-7-3-5-9-22(20)32-23-10-6-4-8-21(23)30/h3-10,18-19H,2,11-17H2,1H3. The van der Waals surface area contributed by atoms with Crippen LogP contribution < -0.4 is 4.90 Å². The van der Waals surface area contributed by atoms with Gasteiger partial charge >= 0.3 is 0 Å². The quantitative estimate of drug-likeness (QED) is 0.545. The fraction of sp³-hybridized carbons (Fsp3) is 0.400. The van der Waals surface area contributed by atoms with Crippen molar-refractivity contribution in [2.75, 3.05) is 24.5 Å². The minimum absolute atomic E-state index is 0.258. The van der Waals surface area contributed by atoms with Gasteiger partial charge in [0.15, 0.2) is 0 Å². The van der Waals surface area contributed by atoms with E-state index in [0.29, 0.717) is 18.9 Å². The molecule has 0 saturated carbocycles. The Morgan fingerprint density at radius 2 is 1.69 bits per heavy atom. The monoisotopic (exact) mass is 447 g/mol. The number of benzene rings is 2. The number of likely N-dealkylation sites (tertiary alicyclic amines) is 1. The topological polar surface area (TPSA) is 54.3 Å². The highest BCUT2D eigenvalue weighted by atomic mass is 32.2. The summed E-state index contributed by atoms with van der Waals surface area (Å²) in [4.78, 5) is 19.9. The summed E-state index contributed by atoms with van der Waals surface area (Å²) in [5.74, 6) is 1.90. The first-order chi connectivity index (χ1) is 15.7. The zero-order valence-corrected chi connectivity index (χ0v) is 19.3. The molecular formula is C25H29N5OS. The number of hydrogen-bond acceptors (Lipinski definition) is 5. The van der Waals surface area contributed by atoms with E-state index in [1.54, 1.807) is 11.8 Å². The summed E-state index contributed by atoms with van der Waals surface area (Å²) in [6.07, 6.45) is 5.36. The summed E-state index contributed by atoms with van der Waals surface area (Å²) < 4.78 is 2.12. The maximum atomic E-state index is 13.1. The molecule has 6 nitrogen and oxygen atoms in total. The van der Waals surface area contributed by atoms with Crippen LogP contribution in [0.4, 0.5) is 11.4 Å². The molecule has 0 aliphatic carbocycles. The summed E-state index contributed by atoms with van der Waals surface area (Å²) in [6, 6.07) is 16.9. The van der Waals surface area contributed by atoms with Crippen LogP contribution in [0, 0.1) is 5.92 Å². The molecule has 0 radical (unpaired) electrons. The van der Waals surface area contributed by atoms with Crippen LogP contribution in [0.2, 0.25) is 0 Å². The van der Waals surface area contributed by atoms with Crippen LogP contribution in [0.5, 0.6) is 0 Å². The molecule has 2 aliphatic heterocycles. The third-order valence-corrected chi connectivity index (χ3v) is 7.69. The third kappa shape index (κ3) is 4.26. The molecule has 1 aromatic heterocycles. The molecule has 3 aromatic rings. The van der Waals surface area contributed by atoms with Gasteiger partial charge in [0, 0.05) is 48.8 Å². The smallest absolute Gasteiger partial charge is 0.224 e. The Morgan fingerprint density at radius 3 is 2.34 bits per heavy atom. The van der Waals surface area contributed by atoms with Crippen LogP contribution in [0.3, 0.4) is 0 Å². The Labute approximate surface area is 193 Å². The van der Waals surface area contributed by atoms with Gasteiger partial charge in [-0.05, 0) is 49.9 Å². The molecule has 2 aliphatic rings. The molecule has 166 valence electrons. The molecule has 5 rings (SSSR count).